The van der Waals surface area contributed by atoms with Gasteiger partial charge in [0.05, 0.1) is 0 Å². The number of nitrogens with one attached hydrogen (secondary N) is 3. The third kappa shape index (κ3) is 3.69. The van der Waals surface area contributed by atoms with E-state index < -0.39 is 11.8 Å². The Morgan fingerprint density at radius 2 is 1.87 bits per heavy atom. The number of benzene rings is 2. The molecule has 8 nitrogen and oxygen atoms in total. The fourth-order valence-electron chi connectivity index (χ4n) is 3.00. The SMILES string of the molecule is CC(C)(C)c1cc(NC(=O)Nc2ccc(-c3ccc4c(N)n[nH]c4c3F)cc2)no1. The Labute approximate surface area is 171 Å². The van der Waals surface area contributed by atoms with Crippen LogP contribution in [0.25, 0.3) is 22.0 Å². The number of aromatic amines is 1. The first-order valence-electron chi connectivity index (χ1n) is 9.30. The lowest BCUT2D eigenvalue weighted by Gasteiger charge is -2.12. The molecule has 2 amide bonds. The third-order valence-corrected chi connectivity index (χ3v) is 4.65. The molecule has 0 spiro atoms. The number of hydrogen-bond donors (Lipinski definition) is 4. The van der Waals surface area contributed by atoms with E-state index in [0.29, 0.717) is 33.8 Å². The van der Waals surface area contributed by atoms with Crippen LogP contribution in [0.1, 0.15) is 26.5 Å². The molecule has 0 aliphatic heterocycles. The second kappa shape index (κ2) is 7.18. The van der Waals surface area contributed by atoms with Gasteiger partial charge in [0, 0.05) is 28.1 Å². The van der Waals surface area contributed by atoms with Gasteiger partial charge in [-0.05, 0) is 23.8 Å². The molecule has 0 aliphatic carbocycles. The maximum absolute atomic E-state index is 14.8. The zero-order valence-corrected chi connectivity index (χ0v) is 16.7. The normalized spacial score (nSPS) is 11.6. The number of fused-ring (bicyclic) bond motifs is 1. The molecule has 2 aromatic heterocycles. The van der Waals surface area contributed by atoms with E-state index in [0.717, 1.165) is 0 Å². The molecule has 154 valence electrons. The largest absolute Gasteiger partial charge is 0.382 e. The number of H-pyrrole nitrogens is 1. The first kappa shape index (κ1) is 19.4. The summed E-state index contributed by atoms with van der Waals surface area (Å²) in [6.45, 7) is 5.96. The van der Waals surface area contributed by atoms with Gasteiger partial charge in [0.15, 0.2) is 17.5 Å². The smallest absolute Gasteiger partial charge is 0.324 e. The minimum Gasteiger partial charge on any atom is -0.382 e. The number of rotatable bonds is 3. The van der Waals surface area contributed by atoms with E-state index >= 15 is 0 Å². The second-order valence-corrected chi connectivity index (χ2v) is 7.94. The monoisotopic (exact) mass is 408 g/mol. The van der Waals surface area contributed by atoms with Crippen LogP contribution in [0.2, 0.25) is 0 Å². The Bertz CT molecular complexity index is 1220. The van der Waals surface area contributed by atoms with Crippen molar-refractivity contribution in [2.45, 2.75) is 26.2 Å². The van der Waals surface area contributed by atoms with Gasteiger partial charge >= 0.3 is 6.03 Å². The van der Waals surface area contributed by atoms with Crippen molar-refractivity contribution in [2.24, 2.45) is 0 Å². The fourth-order valence-corrected chi connectivity index (χ4v) is 3.00. The highest BCUT2D eigenvalue weighted by molar-refractivity contribution is 5.99. The van der Waals surface area contributed by atoms with Gasteiger partial charge in [0.25, 0.3) is 0 Å². The minimum absolute atomic E-state index is 0.209. The molecule has 0 aliphatic rings. The van der Waals surface area contributed by atoms with Crippen molar-refractivity contribution in [3.8, 4) is 11.1 Å². The molecule has 0 saturated carbocycles. The molecule has 5 N–H and O–H groups in total. The first-order chi connectivity index (χ1) is 14.2. The molecule has 0 bridgehead atoms. The van der Waals surface area contributed by atoms with Crippen molar-refractivity contribution >= 4 is 34.3 Å². The molecule has 2 aromatic carbocycles. The van der Waals surface area contributed by atoms with E-state index in [1.807, 2.05) is 20.8 Å². The van der Waals surface area contributed by atoms with E-state index in [1.165, 1.54) is 0 Å². The predicted molar refractivity (Wildman–Crippen MR) is 114 cm³/mol. The number of carbonyl (C=O) groups excluding carboxylic acids is 1. The van der Waals surface area contributed by atoms with E-state index in [4.69, 9.17) is 10.3 Å². The van der Waals surface area contributed by atoms with Crippen molar-refractivity contribution in [1.82, 2.24) is 15.4 Å². The molecule has 0 atom stereocenters. The predicted octanol–water partition coefficient (Wildman–Crippen LogP) is 4.88. The number of nitrogen functional groups attached to an aromatic ring is 1. The molecule has 4 aromatic rings. The van der Waals surface area contributed by atoms with Gasteiger partial charge in [0.2, 0.25) is 0 Å². The fraction of sp³-hybridized carbons (Fsp3) is 0.190. The summed E-state index contributed by atoms with van der Waals surface area (Å²) in [6.07, 6.45) is 0. The van der Waals surface area contributed by atoms with Crippen LogP contribution in [-0.4, -0.2) is 21.4 Å². The van der Waals surface area contributed by atoms with Crippen LogP contribution < -0.4 is 16.4 Å². The zero-order valence-electron chi connectivity index (χ0n) is 16.7. The lowest BCUT2D eigenvalue weighted by molar-refractivity contribution is 0.262. The molecular formula is C21H21FN6O2. The Morgan fingerprint density at radius 1 is 1.13 bits per heavy atom. The quantitative estimate of drug-likeness (QED) is 0.385. The van der Waals surface area contributed by atoms with Crippen LogP contribution in [0.4, 0.5) is 26.5 Å². The Kier molecular flexibility index (Phi) is 4.65. The summed E-state index contributed by atoms with van der Waals surface area (Å²) in [5.74, 6) is 0.807. The maximum atomic E-state index is 14.8. The van der Waals surface area contributed by atoms with Gasteiger partial charge < -0.3 is 15.6 Å². The number of nitrogens with zero attached hydrogens (tertiary/aromatic N) is 2. The van der Waals surface area contributed by atoms with E-state index in [9.17, 15) is 9.18 Å². The second-order valence-electron chi connectivity index (χ2n) is 7.94. The summed E-state index contributed by atoms with van der Waals surface area (Å²) in [5.41, 5.74) is 7.36. The van der Waals surface area contributed by atoms with Gasteiger partial charge in [-0.25, -0.2) is 9.18 Å². The molecule has 0 radical (unpaired) electrons. The lowest BCUT2D eigenvalue weighted by atomic mass is 9.93. The summed E-state index contributed by atoms with van der Waals surface area (Å²) < 4.78 is 20.0. The Balaban J connectivity index is 1.47. The number of halogens is 1. The Hall–Kier alpha value is -3.88. The summed E-state index contributed by atoms with van der Waals surface area (Å²) in [5, 5.41) is 16.2. The van der Waals surface area contributed by atoms with Gasteiger partial charge in [-0.15, -0.1) is 0 Å². The van der Waals surface area contributed by atoms with Gasteiger partial charge in [-0.3, -0.25) is 10.4 Å². The first-order valence-corrected chi connectivity index (χ1v) is 9.30. The van der Waals surface area contributed by atoms with Crippen molar-refractivity contribution in [3.05, 3.63) is 54.0 Å². The standard InChI is InChI=1S/C21H21FN6O2/c1-21(2,3)15-10-16(28-30-15)25-20(29)24-12-6-4-11(5-7-12)13-8-9-14-18(17(13)22)26-27-19(14)23/h4-10H,1-3H3,(H3,23,26,27)(H2,24,25,28,29). The molecule has 9 heteroatoms. The number of carbonyl (C=O) groups is 1. The van der Waals surface area contributed by atoms with E-state index in [-0.39, 0.29) is 16.7 Å². The van der Waals surface area contributed by atoms with E-state index in [1.54, 1.807) is 42.5 Å². The average molecular weight is 408 g/mol. The summed E-state index contributed by atoms with van der Waals surface area (Å²) in [4.78, 5) is 12.2. The highest BCUT2D eigenvalue weighted by Gasteiger charge is 2.20. The van der Waals surface area contributed by atoms with Crippen molar-refractivity contribution in [2.75, 3.05) is 16.4 Å². The van der Waals surface area contributed by atoms with Crippen LogP contribution in [0.5, 0.6) is 0 Å². The topological polar surface area (TPSA) is 122 Å². The van der Waals surface area contributed by atoms with Gasteiger partial charge in [0.1, 0.15) is 11.3 Å². The summed E-state index contributed by atoms with van der Waals surface area (Å²) in [7, 11) is 0. The van der Waals surface area contributed by atoms with Gasteiger partial charge in [-0.2, -0.15) is 5.10 Å². The lowest BCUT2D eigenvalue weighted by Crippen LogP contribution is -2.19. The van der Waals surface area contributed by atoms with Crippen LogP contribution in [0, 0.1) is 5.82 Å². The maximum Gasteiger partial charge on any atom is 0.324 e. The highest BCUT2D eigenvalue weighted by Crippen LogP contribution is 2.30. The van der Waals surface area contributed by atoms with Gasteiger partial charge in [-0.1, -0.05) is 44.1 Å². The van der Waals surface area contributed by atoms with E-state index in [2.05, 4.69) is 26.0 Å². The molecule has 30 heavy (non-hydrogen) atoms. The third-order valence-electron chi connectivity index (χ3n) is 4.65. The molecule has 0 unspecified atom stereocenters. The minimum atomic E-state index is -0.461. The average Bonchev–Trinajstić information content (AvgIpc) is 3.30. The molecule has 4 rings (SSSR count). The van der Waals surface area contributed by atoms with Crippen molar-refractivity contribution in [1.29, 1.82) is 0 Å². The number of urea groups is 1. The highest BCUT2D eigenvalue weighted by atomic mass is 19.1. The van der Waals surface area contributed by atoms with Crippen LogP contribution in [-0.2, 0) is 5.41 Å². The van der Waals surface area contributed by atoms with Crippen LogP contribution in [0.3, 0.4) is 0 Å². The molecule has 0 saturated heterocycles. The number of aromatic nitrogens is 3. The van der Waals surface area contributed by atoms with Crippen LogP contribution >= 0.6 is 0 Å². The molecule has 2 heterocycles. The Morgan fingerprint density at radius 3 is 2.53 bits per heavy atom. The number of hydrogen-bond acceptors (Lipinski definition) is 5. The number of nitrogens with two attached hydrogens (primary N) is 1. The molecular weight excluding hydrogens is 387 g/mol. The number of amides is 2. The summed E-state index contributed by atoms with van der Waals surface area (Å²) >= 11 is 0. The summed E-state index contributed by atoms with van der Waals surface area (Å²) in [6, 6.07) is 11.4. The zero-order chi connectivity index (χ0) is 21.5. The van der Waals surface area contributed by atoms with Crippen molar-refractivity contribution in [3.63, 3.8) is 0 Å². The number of anilines is 3. The molecule has 0 fully saturated rings. The van der Waals surface area contributed by atoms with Crippen molar-refractivity contribution < 1.29 is 13.7 Å². The van der Waals surface area contributed by atoms with Crippen LogP contribution in [0.15, 0.2) is 47.0 Å².